The Kier molecular flexibility index (Phi) is 3.85. The third kappa shape index (κ3) is 2.45. The number of H-pyrrole nitrogens is 1. The van der Waals surface area contributed by atoms with Gasteiger partial charge < -0.3 is 0 Å². The van der Waals surface area contributed by atoms with Crippen LogP contribution in [0.2, 0.25) is 0 Å². The third-order valence-corrected chi connectivity index (χ3v) is 6.32. The lowest BCUT2D eigenvalue weighted by Crippen LogP contribution is -2.01. The maximum atomic E-state index is 5.00. The van der Waals surface area contributed by atoms with Crippen LogP contribution in [0.25, 0.3) is 38.8 Å². The van der Waals surface area contributed by atoms with Crippen LogP contribution in [-0.4, -0.2) is 20.0 Å². The maximum absolute atomic E-state index is 5.00. The molecule has 29 heavy (non-hydrogen) atoms. The van der Waals surface area contributed by atoms with Crippen LogP contribution in [0.1, 0.15) is 27.9 Å². The van der Waals surface area contributed by atoms with Crippen molar-refractivity contribution in [1.82, 2.24) is 20.0 Å². The zero-order valence-corrected chi connectivity index (χ0v) is 17.5. The third-order valence-electron chi connectivity index (χ3n) is 6.32. The van der Waals surface area contributed by atoms with Crippen LogP contribution < -0.4 is 0 Å². The van der Waals surface area contributed by atoms with E-state index in [1.165, 1.54) is 33.2 Å². The summed E-state index contributed by atoms with van der Waals surface area (Å²) in [7, 11) is 0. The Labute approximate surface area is 170 Å². The molecule has 5 aromatic rings. The predicted octanol–water partition coefficient (Wildman–Crippen LogP) is 6.11. The highest BCUT2D eigenvalue weighted by Gasteiger charge is 2.20. The van der Waals surface area contributed by atoms with Gasteiger partial charge in [-0.3, -0.25) is 5.10 Å². The highest BCUT2D eigenvalue weighted by molar-refractivity contribution is 6.01. The van der Waals surface area contributed by atoms with Crippen molar-refractivity contribution in [3.8, 4) is 16.9 Å². The van der Waals surface area contributed by atoms with Gasteiger partial charge >= 0.3 is 0 Å². The predicted molar refractivity (Wildman–Crippen MR) is 120 cm³/mol. The highest BCUT2D eigenvalue weighted by Crippen LogP contribution is 2.36. The Balaban J connectivity index is 1.91. The van der Waals surface area contributed by atoms with Gasteiger partial charge in [0.25, 0.3) is 0 Å². The monoisotopic (exact) mass is 380 g/mol. The zero-order valence-electron chi connectivity index (χ0n) is 17.5. The van der Waals surface area contributed by atoms with Crippen LogP contribution in [0.3, 0.4) is 0 Å². The Bertz CT molecular complexity index is 1390. The van der Waals surface area contributed by atoms with Gasteiger partial charge in [0.1, 0.15) is 5.69 Å². The molecule has 0 radical (unpaired) electrons. The molecule has 2 aromatic heterocycles. The lowest BCUT2D eigenvalue weighted by Gasteiger charge is -2.14. The van der Waals surface area contributed by atoms with E-state index in [0.717, 1.165) is 33.5 Å². The molecule has 0 spiro atoms. The van der Waals surface area contributed by atoms with Crippen LogP contribution in [-0.2, 0) is 0 Å². The second kappa shape index (κ2) is 6.31. The average molecular weight is 380 g/mol. The summed E-state index contributed by atoms with van der Waals surface area (Å²) in [6, 6.07) is 16.6. The standard InChI is InChI=1S/C25H24N4/c1-14-15(2)17(4)25-22(16(14)3)18(5)28-29(25)21-13-9-12-20-23(21)24(27-26-20)19-10-7-6-8-11-19/h6-13H,1-5H3,(H,26,27). The van der Waals surface area contributed by atoms with Crippen molar-refractivity contribution < 1.29 is 0 Å². The second-order valence-corrected chi connectivity index (χ2v) is 7.86. The molecule has 0 amide bonds. The molecule has 4 nitrogen and oxygen atoms in total. The Morgan fingerprint density at radius 2 is 1.45 bits per heavy atom. The molecule has 0 aliphatic carbocycles. The Morgan fingerprint density at radius 3 is 2.21 bits per heavy atom. The molecule has 0 atom stereocenters. The van der Waals surface area contributed by atoms with Gasteiger partial charge in [-0.15, -0.1) is 0 Å². The van der Waals surface area contributed by atoms with E-state index in [1.807, 2.05) is 18.2 Å². The van der Waals surface area contributed by atoms with E-state index in [0.29, 0.717) is 0 Å². The first-order valence-electron chi connectivity index (χ1n) is 9.97. The van der Waals surface area contributed by atoms with Gasteiger partial charge in [0.2, 0.25) is 0 Å². The molecule has 144 valence electrons. The summed E-state index contributed by atoms with van der Waals surface area (Å²) in [6.45, 7) is 10.9. The number of fused-ring (bicyclic) bond motifs is 2. The van der Waals surface area contributed by atoms with Gasteiger partial charge in [0.05, 0.1) is 27.8 Å². The maximum Gasteiger partial charge on any atom is 0.102 e. The van der Waals surface area contributed by atoms with Crippen LogP contribution >= 0.6 is 0 Å². The van der Waals surface area contributed by atoms with Crippen LogP contribution in [0.15, 0.2) is 48.5 Å². The Morgan fingerprint density at radius 1 is 0.724 bits per heavy atom. The number of benzene rings is 3. The molecule has 4 heteroatoms. The first kappa shape index (κ1) is 17.7. The fraction of sp³-hybridized carbons (Fsp3) is 0.200. The van der Waals surface area contributed by atoms with Crippen LogP contribution in [0.4, 0.5) is 0 Å². The molecule has 0 aliphatic rings. The van der Waals surface area contributed by atoms with E-state index in [2.05, 4.69) is 79.8 Å². The number of hydrogen-bond acceptors (Lipinski definition) is 2. The molecule has 0 unspecified atom stereocenters. The molecular formula is C25H24N4. The van der Waals surface area contributed by atoms with Crippen molar-refractivity contribution >= 4 is 21.8 Å². The highest BCUT2D eigenvalue weighted by atomic mass is 15.3. The van der Waals surface area contributed by atoms with Crippen LogP contribution in [0, 0.1) is 34.6 Å². The normalized spacial score (nSPS) is 11.6. The quantitative estimate of drug-likeness (QED) is 0.401. The van der Waals surface area contributed by atoms with E-state index in [-0.39, 0.29) is 0 Å². The molecule has 0 aliphatic heterocycles. The van der Waals surface area contributed by atoms with Gasteiger partial charge in [-0.1, -0.05) is 36.4 Å². The zero-order chi connectivity index (χ0) is 20.3. The van der Waals surface area contributed by atoms with Crippen molar-refractivity contribution in [1.29, 1.82) is 0 Å². The lowest BCUT2D eigenvalue weighted by atomic mass is 9.94. The van der Waals surface area contributed by atoms with E-state index < -0.39 is 0 Å². The molecule has 0 fully saturated rings. The largest absolute Gasteiger partial charge is 0.277 e. The summed E-state index contributed by atoms with van der Waals surface area (Å²) in [6.07, 6.45) is 0. The summed E-state index contributed by atoms with van der Waals surface area (Å²) in [5, 5.41) is 15.2. The first-order chi connectivity index (χ1) is 14.0. The van der Waals surface area contributed by atoms with Crippen LogP contribution in [0.5, 0.6) is 0 Å². The van der Waals surface area contributed by atoms with Gasteiger partial charge in [-0.05, 0) is 69.0 Å². The number of aryl methyl sites for hydroxylation is 3. The fourth-order valence-corrected chi connectivity index (χ4v) is 4.46. The minimum Gasteiger partial charge on any atom is -0.277 e. The summed E-state index contributed by atoms with van der Waals surface area (Å²) < 4.78 is 2.11. The molecule has 0 saturated heterocycles. The average Bonchev–Trinajstić information content (AvgIpc) is 3.32. The van der Waals surface area contributed by atoms with Crippen molar-refractivity contribution in [2.45, 2.75) is 34.6 Å². The molecule has 0 saturated carbocycles. The van der Waals surface area contributed by atoms with Gasteiger partial charge in [-0.2, -0.15) is 10.2 Å². The smallest absolute Gasteiger partial charge is 0.102 e. The van der Waals surface area contributed by atoms with Crippen molar-refractivity contribution in [3.63, 3.8) is 0 Å². The van der Waals surface area contributed by atoms with Crippen molar-refractivity contribution in [3.05, 3.63) is 76.5 Å². The molecular weight excluding hydrogens is 356 g/mol. The molecule has 0 bridgehead atoms. The first-order valence-corrected chi connectivity index (χ1v) is 9.97. The fourth-order valence-electron chi connectivity index (χ4n) is 4.46. The van der Waals surface area contributed by atoms with E-state index >= 15 is 0 Å². The number of nitrogens with one attached hydrogen (secondary N) is 1. The summed E-state index contributed by atoms with van der Waals surface area (Å²) in [5.41, 5.74) is 11.7. The molecule has 3 aromatic carbocycles. The van der Waals surface area contributed by atoms with Gasteiger partial charge in [0.15, 0.2) is 0 Å². The van der Waals surface area contributed by atoms with E-state index in [9.17, 15) is 0 Å². The van der Waals surface area contributed by atoms with E-state index in [1.54, 1.807) is 0 Å². The molecule has 2 heterocycles. The Hall–Kier alpha value is -3.40. The van der Waals surface area contributed by atoms with Crippen molar-refractivity contribution in [2.24, 2.45) is 0 Å². The number of hydrogen-bond donors (Lipinski definition) is 1. The summed E-state index contributed by atoms with van der Waals surface area (Å²) in [5.74, 6) is 0. The molecule has 5 rings (SSSR count). The van der Waals surface area contributed by atoms with Gasteiger partial charge in [0, 0.05) is 10.9 Å². The summed E-state index contributed by atoms with van der Waals surface area (Å²) in [4.78, 5) is 0. The lowest BCUT2D eigenvalue weighted by molar-refractivity contribution is 0.892. The van der Waals surface area contributed by atoms with Crippen molar-refractivity contribution in [2.75, 3.05) is 0 Å². The number of rotatable bonds is 2. The topological polar surface area (TPSA) is 46.5 Å². The SMILES string of the molecule is Cc1c(C)c(C)c2c(c(C)nn2-c2cccc3[nH]nc(-c4ccccc4)c23)c1C. The number of nitrogens with zero attached hydrogens (tertiary/aromatic N) is 3. The minimum absolute atomic E-state index is 0.954. The van der Waals surface area contributed by atoms with Gasteiger partial charge in [-0.25, -0.2) is 4.68 Å². The molecule has 1 N–H and O–H groups in total. The second-order valence-electron chi connectivity index (χ2n) is 7.86. The minimum atomic E-state index is 0.954. The summed E-state index contributed by atoms with van der Waals surface area (Å²) >= 11 is 0. The van der Waals surface area contributed by atoms with E-state index in [4.69, 9.17) is 5.10 Å². The number of aromatic amines is 1. The number of aromatic nitrogens is 4.